The van der Waals surface area contributed by atoms with Gasteiger partial charge in [0.05, 0.1) is 26.7 Å². The van der Waals surface area contributed by atoms with E-state index in [1.807, 2.05) is 19.0 Å². The Kier molecular flexibility index (Phi) is 4.97. The first kappa shape index (κ1) is 21.0. The molecule has 31 heavy (non-hydrogen) atoms. The van der Waals surface area contributed by atoms with Crippen LogP contribution in [0.4, 0.5) is 0 Å². The van der Waals surface area contributed by atoms with Gasteiger partial charge in [0, 0.05) is 43.6 Å². The molecule has 2 saturated heterocycles. The Hall–Kier alpha value is -1.87. The van der Waals surface area contributed by atoms with Crippen molar-refractivity contribution in [3.8, 4) is 17.2 Å². The molecule has 1 aromatic carbocycles. The first-order chi connectivity index (χ1) is 14.8. The van der Waals surface area contributed by atoms with Crippen LogP contribution in [0.15, 0.2) is 6.07 Å². The molecule has 1 saturated carbocycles. The lowest BCUT2D eigenvalue weighted by Gasteiger charge is -2.42. The molecule has 1 aliphatic carbocycles. The molecular formula is C22H27ClN2O6. The van der Waals surface area contributed by atoms with Crippen molar-refractivity contribution in [3.05, 3.63) is 16.7 Å². The number of carbonyl (C=O) groups excluding carboxylic acids is 2. The number of methoxy groups -OCH3 is 2. The monoisotopic (exact) mass is 450 g/mol. The molecule has 5 rings (SSSR count). The zero-order valence-corrected chi connectivity index (χ0v) is 18.8. The second-order valence-electron chi connectivity index (χ2n) is 8.95. The summed E-state index contributed by atoms with van der Waals surface area (Å²) in [7, 11) is 4.91. The van der Waals surface area contributed by atoms with Crippen LogP contribution in [-0.4, -0.2) is 68.7 Å². The fraction of sp³-hybridized carbons (Fsp3) is 0.636. The highest BCUT2D eigenvalue weighted by molar-refractivity contribution is 6.36. The van der Waals surface area contributed by atoms with E-state index in [1.54, 1.807) is 6.07 Å². The number of hydrogen-bond donors (Lipinski definition) is 1. The maximum absolute atomic E-state index is 14.1. The predicted molar refractivity (Wildman–Crippen MR) is 112 cm³/mol. The molecule has 1 spiro atoms. The van der Waals surface area contributed by atoms with Gasteiger partial charge in [-0.2, -0.15) is 0 Å². The van der Waals surface area contributed by atoms with Crippen molar-refractivity contribution in [2.45, 2.75) is 37.5 Å². The van der Waals surface area contributed by atoms with Crippen molar-refractivity contribution in [1.29, 1.82) is 0 Å². The van der Waals surface area contributed by atoms with Crippen molar-refractivity contribution >= 4 is 23.2 Å². The van der Waals surface area contributed by atoms with Crippen molar-refractivity contribution in [2.24, 2.45) is 17.8 Å². The predicted octanol–water partition coefficient (Wildman–Crippen LogP) is 2.12. The average molecular weight is 451 g/mol. The minimum atomic E-state index is -1.61. The number of nitrogens with zero attached hydrogens (tertiary/aromatic N) is 1. The SMILES string of the molecule is COc1cc(OC)c2c(c1Cl)O[C@]1(C2=O)C(=O)C2C(C[C@H]1C)NN(C)C2[C@H]1CCOC1. The van der Waals surface area contributed by atoms with Gasteiger partial charge in [-0.15, -0.1) is 0 Å². The van der Waals surface area contributed by atoms with Gasteiger partial charge in [0.2, 0.25) is 11.4 Å². The zero-order chi connectivity index (χ0) is 22.1. The Morgan fingerprint density at radius 3 is 2.65 bits per heavy atom. The molecule has 6 atom stereocenters. The number of nitrogens with one attached hydrogen (secondary N) is 1. The summed E-state index contributed by atoms with van der Waals surface area (Å²) in [6.45, 7) is 3.19. The molecule has 3 aliphatic heterocycles. The number of ether oxygens (including phenoxy) is 4. The lowest BCUT2D eigenvalue weighted by Crippen LogP contribution is -2.63. The molecule has 168 valence electrons. The molecule has 3 unspecified atom stereocenters. The van der Waals surface area contributed by atoms with Gasteiger partial charge in [-0.1, -0.05) is 18.5 Å². The number of fused-ring (bicyclic) bond motifs is 2. The van der Waals surface area contributed by atoms with Gasteiger partial charge >= 0.3 is 0 Å². The average Bonchev–Trinajstić information content (AvgIpc) is 3.45. The topological polar surface area (TPSA) is 86.3 Å². The number of rotatable bonds is 3. The van der Waals surface area contributed by atoms with Gasteiger partial charge in [0.1, 0.15) is 22.1 Å². The van der Waals surface area contributed by atoms with Crippen molar-refractivity contribution in [3.63, 3.8) is 0 Å². The number of hydrogen-bond acceptors (Lipinski definition) is 8. The van der Waals surface area contributed by atoms with Crippen LogP contribution in [0.2, 0.25) is 5.02 Å². The van der Waals surface area contributed by atoms with Crippen LogP contribution in [0.5, 0.6) is 17.2 Å². The Morgan fingerprint density at radius 1 is 1.26 bits per heavy atom. The Bertz CT molecular complexity index is 948. The maximum Gasteiger partial charge on any atom is 0.232 e. The second kappa shape index (κ2) is 7.33. The van der Waals surface area contributed by atoms with Gasteiger partial charge in [-0.3, -0.25) is 15.0 Å². The van der Waals surface area contributed by atoms with E-state index in [-0.39, 0.29) is 57.7 Å². The molecule has 9 heteroatoms. The molecule has 0 amide bonds. The summed E-state index contributed by atoms with van der Waals surface area (Å²) in [6.07, 6.45) is 1.52. The zero-order valence-electron chi connectivity index (χ0n) is 18.1. The quantitative estimate of drug-likeness (QED) is 0.701. The molecular weight excluding hydrogens is 424 g/mol. The van der Waals surface area contributed by atoms with Crippen LogP contribution >= 0.6 is 11.6 Å². The lowest BCUT2D eigenvalue weighted by atomic mass is 9.63. The highest BCUT2D eigenvalue weighted by atomic mass is 35.5. The number of halogens is 1. The summed E-state index contributed by atoms with van der Waals surface area (Å²) < 4.78 is 22.7. The van der Waals surface area contributed by atoms with Crippen LogP contribution in [0.1, 0.15) is 30.1 Å². The van der Waals surface area contributed by atoms with Crippen LogP contribution in [0, 0.1) is 17.8 Å². The summed E-state index contributed by atoms with van der Waals surface area (Å²) in [4.78, 5) is 28.0. The highest BCUT2D eigenvalue weighted by Crippen LogP contribution is 2.55. The van der Waals surface area contributed by atoms with E-state index in [9.17, 15) is 9.59 Å². The largest absolute Gasteiger partial charge is 0.496 e. The molecule has 0 radical (unpaired) electrons. The van der Waals surface area contributed by atoms with Crippen LogP contribution in [0.3, 0.4) is 0 Å². The van der Waals surface area contributed by atoms with E-state index in [0.29, 0.717) is 31.1 Å². The van der Waals surface area contributed by atoms with Crippen molar-refractivity contribution in [2.75, 3.05) is 34.5 Å². The summed E-state index contributed by atoms with van der Waals surface area (Å²) in [6, 6.07) is 1.46. The molecule has 4 aliphatic rings. The summed E-state index contributed by atoms with van der Waals surface area (Å²) in [5.74, 6) is -0.272. The van der Waals surface area contributed by atoms with E-state index in [2.05, 4.69) is 5.43 Å². The fourth-order valence-corrected chi connectivity index (χ4v) is 6.27. The van der Waals surface area contributed by atoms with Crippen molar-refractivity contribution in [1.82, 2.24) is 10.4 Å². The number of benzene rings is 1. The summed E-state index contributed by atoms with van der Waals surface area (Å²) in [5, 5.41) is 2.20. The molecule has 1 aromatic rings. The highest BCUT2D eigenvalue weighted by Gasteiger charge is 2.67. The molecule has 0 bridgehead atoms. The summed E-state index contributed by atoms with van der Waals surface area (Å²) >= 11 is 6.51. The minimum Gasteiger partial charge on any atom is -0.496 e. The Balaban J connectivity index is 1.60. The number of Topliss-reactive ketones (excluding diaryl/α,β-unsaturated/α-hetero) is 2. The van der Waals surface area contributed by atoms with Gasteiger partial charge in [-0.25, -0.2) is 5.01 Å². The van der Waals surface area contributed by atoms with Crippen molar-refractivity contribution < 1.29 is 28.5 Å². The van der Waals surface area contributed by atoms with E-state index < -0.39 is 5.60 Å². The minimum absolute atomic E-state index is 0.0456. The van der Waals surface area contributed by atoms with E-state index in [4.69, 9.17) is 30.5 Å². The van der Waals surface area contributed by atoms with E-state index in [0.717, 1.165) is 6.42 Å². The van der Waals surface area contributed by atoms with Gasteiger partial charge in [0.25, 0.3) is 0 Å². The smallest absolute Gasteiger partial charge is 0.232 e. The fourth-order valence-electron chi connectivity index (χ4n) is 6.00. The second-order valence-corrected chi connectivity index (χ2v) is 9.33. The third kappa shape index (κ3) is 2.71. The number of hydrazine groups is 1. The van der Waals surface area contributed by atoms with Crippen LogP contribution in [-0.2, 0) is 9.53 Å². The molecule has 8 nitrogen and oxygen atoms in total. The van der Waals surface area contributed by atoms with Gasteiger partial charge < -0.3 is 18.9 Å². The third-order valence-electron chi connectivity index (χ3n) is 7.45. The van der Waals surface area contributed by atoms with E-state index in [1.165, 1.54) is 14.2 Å². The third-order valence-corrected chi connectivity index (χ3v) is 7.81. The summed E-state index contributed by atoms with van der Waals surface area (Å²) in [5.41, 5.74) is 2.06. The Labute approximate surface area is 186 Å². The lowest BCUT2D eigenvalue weighted by molar-refractivity contribution is -0.143. The van der Waals surface area contributed by atoms with Crippen LogP contribution in [0.25, 0.3) is 0 Å². The normalized spacial score (nSPS) is 37.1. The van der Waals surface area contributed by atoms with Crippen LogP contribution < -0.4 is 19.6 Å². The number of ketones is 2. The standard InChI is InChI=1S/C22H27ClN2O6/c1-10-7-12-15(18(25(2)24-12)11-5-6-30-9-11)20(26)22(10)21(27)16-13(28-3)8-14(29-4)17(23)19(16)31-22/h8,10-12,15,18,24H,5-7,9H2,1-4H3/t10-,11+,12?,15?,18?,22+/m1/s1. The molecule has 3 heterocycles. The number of carbonyl (C=O) groups is 2. The van der Waals surface area contributed by atoms with E-state index >= 15 is 0 Å². The van der Waals surface area contributed by atoms with Gasteiger partial charge in [0.15, 0.2) is 11.5 Å². The molecule has 1 N–H and O–H groups in total. The molecule has 3 fully saturated rings. The molecule has 0 aromatic heterocycles. The maximum atomic E-state index is 14.1. The first-order valence-electron chi connectivity index (χ1n) is 10.6. The first-order valence-corrected chi connectivity index (χ1v) is 11.0. The Morgan fingerprint density at radius 2 is 2.00 bits per heavy atom. The van der Waals surface area contributed by atoms with Gasteiger partial charge in [-0.05, 0) is 12.8 Å².